The van der Waals surface area contributed by atoms with E-state index in [0.29, 0.717) is 5.41 Å². The van der Waals surface area contributed by atoms with E-state index in [4.69, 9.17) is 5.73 Å². The van der Waals surface area contributed by atoms with Crippen LogP contribution in [-0.2, 0) is 0 Å². The van der Waals surface area contributed by atoms with Gasteiger partial charge in [0.1, 0.15) is 0 Å². The molecular weight excluding hydrogens is 220 g/mol. The topological polar surface area (TPSA) is 29.3 Å². The summed E-state index contributed by atoms with van der Waals surface area (Å²) in [6, 6.07) is 0.760. The van der Waals surface area contributed by atoms with Crippen LogP contribution in [0.3, 0.4) is 0 Å². The van der Waals surface area contributed by atoms with Crippen LogP contribution >= 0.6 is 0 Å². The summed E-state index contributed by atoms with van der Waals surface area (Å²) < 4.78 is 0. The maximum atomic E-state index is 6.20. The van der Waals surface area contributed by atoms with E-state index in [1.54, 1.807) is 0 Å². The third-order valence-electron chi connectivity index (χ3n) is 5.77. The molecule has 0 aromatic heterocycles. The predicted molar refractivity (Wildman–Crippen MR) is 78.6 cm³/mol. The van der Waals surface area contributed by atoms with Gasteiger partial charge in [0.15, 0.2) is 0 Å². The van der Waals surface area contributed by atoms with Gasteiger partial charge in [-0.3, -0.25) is 4.90 Å². The molecular formula is C16H32N2. The first-order valence-electron chi connectivity index (χ1n) is 7.83. The molecule has 2 aliphatic carbocycles. The highest BCUT2D eigenvalue weighted by Gasteiger charge is 2.47. The molecule has 2 heteroatoms. The monoisotopic (exact) mass is 252 g/mol. The molecule has 3 unspecified atom stereocenters. The van der Waals surface area contributed by atoms with E-state index < -0.39 is 0 Å². The molecule has 2 fully saturated rings. The molecule has 0 aromatic rings. The molecule has 0 radical (unpaired) electrons. The number of nitrogens with two attached hydrogens (primary N) is 1. The van der Waals surface area contributed by atoms with Gasteiger partial charge in [0.2, 0.25) is 0 Å². The molecule has 0 aliphatic heterocycles. The van der Waals surface area contributed by atoms with Crippen LogP contribution in [-0.4, -0.2) is 30.1 Å². The Labute approximate surface area is 113 Å². The van der Waals surface area contributed by atoms with Crippen LogP contribution in [0.15, 0.2) is 0 Å². The van der Waals surface area contributed by atoms with Gasteiger partial charge in [-0.1, -0.05) is 33.6 Å². The molecule has 0 bridgehead atoms. The van der Waals surface area contributed by atoms with Crippen LogP contribution in [0.25, 0.3) is 0 Å². The molecule has 106 valence electrons. The van der Waals surface area contributed by atoms with Gasteiger partial charge < -0.3 is 5.73 Å². The molecule has 0 amide bonds. The van der Waals surface area contributed by atoms with Gasteiger partial charge >= 0.3 is 0 Å². The first-order chi connectivity index (χ1) is 8.40. The van der Waals surface area contributed by atoms with Crippen molar-refractivity contribution in [2.75, 3.05) is 13.6 Å². The predicted octanol–water partition coefficient (Wildman–Crippen LogP) is 3.40. The van der Waals surface area contributed by atoms with Crippen LogP contribution in [0.1, 0.15) is 65.7 Å². The standard InChI is InChI=1S/C16H32N2/c1-13-7-5-6-8-14(13)18(4)16(12-17)10-9-15(2,3)11-16/h13-14H,5-12,17H2,1-4H3. The Kier molecular flexibility index (Phi) is 4.08. The van der Waals surface area contributed by atoms with Crippen molar-refractivity contribution >= 4 is 0 Å². The van der Waals surface area contributed by atoms with Crippen molar-refractivity contribution in [1.82, 2.24) is 4.90 Å². The zero-order chi connectivity index (χ0) is 13.4. The summed E-state index contributed by atoms with van der Waals surface area (Å²) in [5.74, 6) is 0.843. The van der Waals surface area contributed by atoms with Crippen LogP contribution < -0.4 is 5.73 Å². The number of likely N-dealkylation sites (N-methyl/N-ethyl adjacent to an activating group) is 1. The highest BCUT2D eigenvalue weighted by Crippen LogP contribution is 2.47. The summed E-state index contributed by atoms with van der Waals surface area (Å²) in [5.41, 5.74) is 6.96. The van der Waals surface area contributed by atoms with E-state index >= 15 is 0 Å². The van der Waals surface area contributed by atoms with Crippen molar-refractivity contribution < 1.29 is 0 Å². The smallest absolute Gasteiger partial charge is 0.0337 e. The molecule has 18 heavy (non-hydrogen) atoms. The van der Waals surface area contributed by atoms with E-state index in [-0.39, 0.29) is 5.54 Å². The fourth-order valence-corrected chi connectivity index (χ4v) is 4.48. The highest BCUT2D eigenvalue weighted by molar-refractivity contribution is 5.03. The third-order valence-corrected chi connectivity index (χ3v) is 5.77. The quantitative estimate of drug-likeness (QED) is 0.834. The molecule has 0 spiro atoms. The van der Waals surface area contributed by atoms with E-state index in [0.717, 1.165) is 18.5 Å². The third kappa shape index (κ3) is 2.60. The summed E-state index contributed by atoms with van der Waals surface area (Å²) in [4.78, 5) is 2.69. The van der Waals surface area contributed by atoms with Crippen LogP contribution in [0, 0.1) is 11.3 Å². The van der Waals surface area contributed by atoms with Crippen molar-refractivity contribution in [3.63, 3.8) is 0 Å². The lowest BCUT2D eigenvalue weighted by molar-refractivity contribution is 0.0289. The van der Waals surface area contributed by atoms with Crippen molar-refractivity contribution in [2.45, 2.75) is 77.3 Å². The Hall–Kier alpha value is -0.0800. The minimum Gasteiger partial charge on any atom is -0.329 e. The number of hydrogen-bond donors (Lipinski definition) is 1. The molecule has 2 nitrogen and oxygen atoms in total. The molecule has 2 saturated carbocycles. The van der Waals surface area contributed by atoms with Crippen molar-refractivity contribution in [3.05, 3.63) is 0 Å². The van der Waals surface area contributed by atoms with E-state index in [1.165, 1.54) is 44.9 Å². The Balaban J connectivity index is 2.12. The van der Waals surface area contributed by atoms with Gasteiger partial charge in [-0.25, -0.2) is 0 Å². The Morgan fingerprint density at radius 2 is 1.83 bits per heavy atom. The summed E-state index contributed by atoms with van der Waals surface area (Å²) in [5, 5.41) is 0. The average molecular weight is 252 g/mol. The molecule has 2 aliphatic rings. The zero-order valence-corrected chi connectivity index (χ0v) is 12.8. The highest BCUT2D eigenvalue weighted by atomic mass is 15.2. The normalized spacial score (nSPS) is 40.3. The van der Waals surface area contributed by atoms with Gasteiger partial charge in [-0.2, -0.15) is 0 Å². The first kappa shape index (κ1) is 14.3. The number of nitrogens with zero attached hydrogens (tertiary/aromatic N) is 1. The molecule has 0 heterocycles. The lowest BCUT2D eigenvalue weighted by Crippen LogP contribution is -2.56. The summed E-state index contributed by atoms with van der Waals surface area (Å²) >= 11 is 0. The molecule has 2 N–H and O–H groups in total. The lowest BCUT2D eigenvalue weighted by Gasteiger charge is -2.47. The summed E-state index contributed by atoms with van der Waals surface area (Å²) in [7, 11) is 2.35. The fraction of sp³-hybridized carbons (Fsp3) is 1.00. The van der Waals surface area contributed by atoms with E-state index in [2.05, 4.69) is 32.7 Å². The largest absolute Gasteiger partial charge is 0.329 e. The zero-order valence-electron chi connectivity index (χ0n) is 12.8. The van der Waals surface area contributed by atoms with Crippen molar-refractivity contribution in [3.8, 4) is 0 Å². The minimum absolute atomic E-state index is 0.278. The van der Waals surface area contributed by atoms with Gasteiger partial charge in [-0.05, 0) is 50.5 Å². The van der Waals surface area contributed by atoms with Gasteiger partial charge in [0.05, 0.1) is 0 Å². The van der Waals surface area contributed by atoms with Crippen molar-refractivity contribution in [2.24, 2.45) is 17.1 Å². The average Bonchev–Trinajstić information content (AvgIpc) is 2.66. The molecule has 0 aromatic carbocycles. The van der Waals surface area contributed by atoms with Gasteiger partial charge in [-0.15, -0.1) is 0 Å². The molecule has 0 saturated heterocycles. The van der Waals surface area contributed by atoms with E-state index in [1.807, 2.05) is 0 Å². The maximum absolute atomic E-state index is 6.20. The molecule has 3 atom stereocenters. The molecule has 2 rings (SSSR count). The second-order valence-corrected chi connectivity index (χ2v) is 7.71. The number of hydrogen-bond acceptors (Lipinski definition) is 2. The Morgan fingerprint density at radius 3 is 2.33 bits per heavy atom. The fourth-order valence-electron chi connectivity index (χ4n) is 4.48. The minimum atomic E-state index is 0.278. The van der Waals surface area contributed by atoms with Gasteiger partial charge in [0.25, 0.3) is 0 Å². The summed E-state index contributed by atoms with van der Waals surface area (Å²) in [6.07, 6.45) is 9.50. The number of rotatable bonds is 3. The van der Waals surface area contributed by atoms with E-state index in [9.17, 15) is 0 Å². The Morgan fingerprint density at radius 1 is 1.17 bits per heavy atom. The lowest BCUT2D eigenvalue weighted by atomic mass is 9.80. The second kappa shape index (κ2) is 5.13. The van der Waals surface area contributed by atoms with Crippen molar-refractivity contribution in [1.29, 1.82) is 0 Å². The SMILES string of the molecule is CC1CCCCC1N(C)C1(CN)CCC(C)(C)C1. The second-order valence-electron chi connectivity index (χ2n) is 7.71. The van der Waals surface area contributed by atoms with Gasteiger partial charge in [0, 0.05) is 18.1 Å². The van der Waals surface area contributed by atoms with Crippen LogP contribution in [0.2, 0.25) is 0 Å². The summed E-state index contributed by atoms with van der Waals surface area (Å²) in [6.45, 7) is 8.08. The Bertz CT molecular complexity index is 287. The van der Waals surface area contributed by atoms with Crippen LogP contribution in [0.4, 0.5) is 0 Å². The maximum Gasteiger partial charge on any atom is 0.0337 e. The first-order valence-corrected chi connectivity index (χ1v) is 7.83. The van der Waals surface area contributed by atoms with Crippen LogP contribution in [0.5, 0.6) is 0 Å².